The number of amides is 1. The summed E-state index contributed by atoms with van der Waals surface area (Å²) < 4.78 is 2.19. The summed E-state index contributed by atoms with van der Waals surface area (Å²) in [6.45, 7) is 7.85. The third kappa shape index (κ3) is 4.79. The number of para-hydroxylation sites is 1. The Hall–Kier alpha value is -2.10. The highest BCUT2D eigenvalue weighted by Crippen LogP contribution is 2.28. The number of carbonyl (C=O) groups is 1. The lowest BCUT2D eigenvalue weighted by Crippen LogP contribution is -2.49. The summed E-state index contributed by atoms with van der Waals surface area (Å²) >= 11 is 0. The lowest BCUT2D eigenvalue weighted by molar-refractivity contribution is -0.117. The molecule has 1 N–H and O–H groups in total. The van der Waals surface area contributed by atoms with Gasteiger partial charge in [-0.15, -0.1) is 24.0 Å². The van der Waals surface area contributed by atoms with Crippen LogP contribution in [0.4, 0.5) is 5.69 Å². The number of aromatic nitrogens is 2. The lowest BCUT2D eigenvalue weighted by Gasteiger charge is -2.39. The van der Waals surface area contributed by atoms with Crippen LogP contribution in [0.1, 0.15) is 31.9 Å². The number of likely N-dealkylation sites (tertiary alicyclic amines) is 1. The summed E-state index contributed by atoms with van der Waals surface area (Å²) in [4.78, 5) is 25.9. The van der Waals surface area contributed by atoms with Gasteiger partial charge in [-0.05, 0) is 37.3 Å². The molecule has 4 rings (SSSR count). The number of aliphatic imine (C=N–C) groups is 1. The first-order valence-electron chi connectivity index (χ1n) is 10.6. The number of carbonyl (C=O) groups excluding carboxylic acids is 1. The van der Waals surface area contributed by atoms with Gasteiger partial charge in [0.05, 0.1) is 12.4 Å². The molecule has 0 spiro atoms. The van der Waals surface area contributed by atoms with Crippen molar-refractivity contribution in [3.05, 3.63) is 48.5 Å². The molecule has 1 saturated heterocycles. The van der Waals surface area contributed by atoms with E-state index in [1.165, 1.54) is 5.56 Å². The van der Waals surface area contributed by atoms with E-state index < -0.39 is 0 Å². The Labute approximate surface area is 195 Å². The van der Waals surface area contributed by atoms with Crippen LogP contribution in [0.2, 0.25) is 0 Å². The molecule has 0 radical (unpaired) electrons. The van der Waals surface area contributed by atoms with Gasteiger partial charge < -0.3 is 19.7 Å². The quantitative estimate of drug-likeness (QED) is 0.381. The lowest BCUT2D eigenvalue weighted by atomic mass is 9.93. The molecule has 1 aromatic heterocycles. The van der Waals surface area contributed by atoms with Crippen molar-refractivity contribution < 1.29 is 4.79 Å². The molecule has 1 amide bonds. The van der Waals surface area contributed by atoms with E-state index in [0.29, 0.717) is 12.0 Å². The molecule has 8 heteroatoms. The molecule has 7 nitrogen and oxygen atoms in total. The number of hydrogen-bond donors (Lipinski definition) is 1. The van der Waals surface area contributed by atoms with E-state index in [4.69, 9.17) is 4.99 Å². The van der Waals surface area contributed by atoms with Gasteiger partial charge in [-0.2, -0.15) is 0 Å². The summed E-state index contributed by atoms with van der Waals surface area (Å²) in [5.74, 6) is 1.46. The molecule has 2 aliphatic heterocycles. The van der Waals surface area contributed by atoms with E-state index in [1.54, 1.807) is 0 Å². The number of anilines is 1. The van der Waals surface area contributed by atoms with E-state index >= 15 is 0 Å². The molecule has 30 heavy (non-hydrogen) atoms. The largest absolute Gasteiger partial charge is 0.357 e. The Bertz CT molecular complexity index is 868. The molecule has 2 atom stereocenters. The maximum atomic E-state index is 12.9. The number of nitrogens with zero attached hydrogens (tertiary/aromatic N) is 5. The Morgan fingerprint density at radius 1 is 1.30 bits per heavy atom. The number of nitrogens with one attached hydrogen (secondary N) is 1. The van der Waals surface area contributed by atoms with Crippen LogP contribution < -0.4 is 10.2 Å². The number of rotatable bonds is 4. The molecule has 1 aromatic carbocycles. The second-order valence-corrected chi connectivity index (χ2v) is 7.88. The summed E-state index contributed by atoms with van der Waals surface area (Å²) in [7, 11) is 0. The van der Waals surface area contributed by atoms with E-state index in [2.05, 4.69) is 39.7 Å². The van der Waals surface area contributed by atoms with E-state index in [0.717, 1.165) is 50.7 Å². The van der Waals surface area contributed by atoms with Crippen LogP contribution in [0, 0.1) is 5.92 Å². The van der Waals surface area contributed by atoms with E-state index in [-0.39, 0.29) is 36.4 Å². The van der Waals surface area contributed by atoms with Crippen molar-refractivity contribution in [3.63, 3.8) is 0 Å². The van der Waals surface area contributed by atoms with Crippen molar-refractivity contribution in [1.82, 2.24) is 19.8 Å². The Morgan fingerprint density at radius 3 is 2.90 bits per heavy atom. The highest BCUT2D eigenvalue weighted by atomic mass is 127. The molecule has 1 fully saturated rings. The van der Waals surface area contributed by atoms with E-state index in [1.807, 2.05) is 41.8 Å². The van der Waals surface area contributed by atoms with Gasteiger partial charge >= 0.3 is 0 Å². The fourth-order valence-electron chi connectivity index (χ4n) is 4.35. The molecule has 0 aliphatic carbocycles. The minimum atomic E-state index is 0. The normalized spacial score (nSPS) is 21.2. The number of imidazole rings is 1. The van der Waals surface area contributed by atoms with Crippen molar-refractivity contribution in [1.29, 1.82) is 0 Å². The molecule has 2 aliphatic rings. The molecular weight excluding hydrogens is 491 g/mol. The monoisotopic (exact) mass is 522 g/mol. The first-order valence-corrected chi connectivity index (χ1v) is 10.6. The standard InChI is InChI=1S/C22H30N6O.HI/c1-3-24-22(26-11-8-17(2)20(15-26)27-13-10-23-16-27)25-14-21(29)28-12-9-18-6-4-5-7-19(18)28;/h4-7,10,13,16-17,20H,3,8-9,11-12,14-15H2,1-2H3,(H,24,25);1H. The predicted molar refractivity (Wildman–Crippen MR) is 131 cm³/mol. The minimum absolute atomic E-state index is 0. The van der Waals surface area contributed by atoms with Gasteiger partial charge in [0.2, 0.25) is 5.91 Å². The van der Waals surface area contributed by atoms with Crippen LogP contribution >= 0.6 is 24.0 Å². The van der Waals surface area contributed by atoms with Crippen molar-refractivity contribution in [2.45, 2.75) is 32.7 Å². The Kier molecular flexibility index (Phi) is 7.74. The van der Waals surface area contributed by atoms with Crippen molar-refractivity contribution in [3.8, 4) is 0 Å². The number of halogens is 1. The van der Waals surface area contributed by atoms with Crippen molar-refractivity contribution in [2.75, 3.05) is 37.6 Å². The molecule has 2 unspecified atom stereocenters. The second-order valence-electron chi connectivity index (χ2n) is 7.88. The average molecular weight is 522 g/mol. The van der Waals surface area contributed by atoms with Gasteiger partial charge in [-0.1, -0.05) is 25.1 Å². The van der Waals surface area contributed by atoms with Crippen LogP contribution in [0.25, 0.3) is 0 Å². The first kappa shape index (κ1) is 22.6. The van der Waals surface area contributed by atoms with Gasteiger partial charge in [-0.3, -0.25) is 4.79 Å². The molecule has 0 bridgehead atoms. The van der Waals surface area contributed by atoms with Crippen LogP contribution in [0.3, 0.4) is 0 Å². The predicted octanol–water partition coefficient (Wildman–Crippen LogP) is 2.94. The van der Waals surface area contributed by atoms with Gasteiger partial charge in [0.1, 0.15) is 6.54 Å². The Morgan fingerprint density at radius 2 is 2.13 bits per heavy atom. The summed E-state index contributed by atoms with van der Waals surface area (Å²) in [6.07, 6.45) is 7.76. The van der Waals surface area contributed by atoms with Crippen molar-refractivity contribution >= 4 is 41.5 Å². The number of piperidine rings is 1. The zero-order chi connectivity index (χ0) is 20.2. The number of guanidine groups is 1. The van der Waals surface area contributed by atoms with Crippen LogP contribution in [0.15, 0.2) is 48.0 Å². The SMILES string of the molecule is CCNC(=NCC(=O)N1CCc2ccccc21)N1CCC(C)C(n2ccnc2)C1.I. The number of hydrogen-bond acceptors (Lipinski definition) is 3. The fourth-order valence-corrected chi connectivity index (χ4v) is 4.35. The summed E-state index contributed by atoms with van der Waals surface area (Å²) in [5, 5.41) is 3.38. The van der Waals surface area contributed by atoms with Gasteiger partial charge in [-0.25, -0.2) is 9.98 Å². The number of fused-ring (bicyclic) bond motifs is 1. The zero-order valence-corrected chi connectivity index (χ0v) is 20.0. The van der Waals surface area contributed by atoms with Gasteiger partial charge in [0.15, 0.2) is 5.96 Å². The first-order chi connectivity index (χ1) is 14.2. The topological polar surface area (TPSA) is 65.8 Å². The Balaban J connectivity index is 0.00000256. The molecule has 0 saturated carbocycles. The smallest absolute Gasteiger partial charge is 0.248 e. The molecule has 3 heterocycles. The van der Waals surface area contributed by atoms with Crippen LogP contribution in [0.5, 0.6) is 0 Å². The van der Waals surface area contributed by atoms with Crippen LogP contribution in [-0.4, -0.2) is 59.0 Å². The van der Waals surface area contributed by atoms with Gasteiger partial charge in [0, 0.05) is 44.3 Å². The second kappa shape index (κ2) is 10.3. The minimum Gasteiger partial charge on any atom is -0.357 e. The maximum Gasteiger partial charge on any atom is 0.248 e. The summed E-state index contributed by atoms with van der Waals surface area (Å²) in [5.41, 5.74) is 2.27. The summed E-state index contributed by atoms with van der Waals surface area (Å²) in [6, 6.07) is 8.50. The third-order valence-electron chi connectivity index (χ3n) is 6.01. The molecule has 2 aromatic rings. The maximum absolute atomic E-state index is 12.9. The zero-order valence-electron chi connectivity index (χ0n) is 17.7. The average Bonchev–Trinajstić information content (AvgIpc) is 3.41. The van der Waals surface area contributed by atoms with E-state index in [9.17, 15) is 4.79 Å². The third-order valence-corrected chi connectivity index (χ3v) is 6.01. The van der Waals surface area contributed by atoms with Crippen molar-refractivity contribution in [2.24, 2.45) is 10.9 Å². The van der Waals surface area contributed by atoms with Crippen LogP contribution in [-0.2, 0) is 11.2 Å². The highest BCUT2D eigenvalue weighted by Gasteiger charge is 2.29. The van der Waals surface area contributed by atoms with Gasteiger partial charge in [0.25, 0.3) is 0 Å². The highest BCUT2D eigenvalue weighted by molar-refractivity contribution is 14.0. The fraction of sp³-hybridized carbons (Fsp3) is 0.500. The number of benzene rings is 1. The molecular formula is C22H31IN6O. The molecule has 162 valence electrons.